The molecule has 27 heavy (non-hydrogen) atoms. The van der Waals surface area contributed by atoms with E-state index < -0.39 is 0 Å². The molecule has 0 radical (unpaired) electrons. The molecule has 6 heteroatoms. The van der Waals surface area contributed by atoms with Gasteiger partial charge < -0.3 is 4.74 Å². The van der Waals surface area contributed by atoms with Gasteiger partial charge >= 0.3 is 0 Å². The fraction of sp³-hybridized carbons (Fsp3) is 0.381. The second-order valence-corrected chi connectivity index (χ2v) is 7.01. The zero-order valence-electron chi connectivity index (χ0n) is 15.7. The third-order valence-corrected chi connectivity index (χ3v) is 5.21. The van der Waals surface area contributed by atoms with Gasteiger partial charge in [0.1, 0.15) is 18.4 Å². The first-order valence-electron chi connectivity index (χ1n) is 9.45. The van der Waals surface area contributed by atoms with Crippen LogP contribution in [0.1, 0.15) is 42.0 Å². The van der Waals surface area contributed by atoms with E-state index in [0.717, 1.165) is 24.4 Å². The second-order valence-electron chi connectivity index (χ2n) is 7.01. The Morgan fingerprint density at radius 2 is 2.11 bits per heavy atom. The van der Waals surface area contributed by atoms with E-state index in [2.05, 4.69) is 44.2 Å². The summed E-state index contributed by atoms with van der Waals surface area (Å²) in [6.07, 6.45) is 10.9. The predicted octanol–water partition coefficient (Wildman–Crippen LogP) is 3.46. The summed E-state index contributed by atoms with van der Waals surface area (Å²) in [5.41, 5.74) is 3.73. The van der Waals surface area contributed by atoms with Crippen LogP contribution < -0.4 is 4.74 Å². The Kier molecular flexibility index (Phi) is 5.44. The molecule has 1 unspecified atom stereocenters. The third kappa shape index (κ3) is 4.17. The van der Waals surface area contributed by atoms with Crippen LogP contribution in [0.15, 0.2) is 55.4 Å². The highest BCUT2D eigenvalue weighted by molar-refractivity contribution is 5.37. The molecule has 6 nitrogen and oxygen atoms in total. The minimum Gasteiger partial charge on any atom is -0.496 e. The molecule has 0 bridgehead atoms. The highest BCUT2D eigenvalue weighted by Gasteiger charge is 2.24. The van der Waals surface area contributed by atoms with Gasteiger partial charge in [-0.1, -0.05) is 18.6 Å². The number of hydrogen-bond donors (Lipinski definition) is 0. The standard InChI is InChI=1S/C21H25N5O/c1-27-21-8-7-17(11-19(21)14-26-16-23-15-24-26)13-25-10-3-2-6-20(25)18-5-4-9-22-12-18/h4-5,7-9,11-12,15-16,20H,2-3,6,10,13-14H2,1H3. The van der Waals surface area contributed by atoms with Crippen molar-refractivity contribution in [1.29, 1.82) is 0 Å². The van der Waals surface area contributed by atoms with E-state index in [9.17, 15) is 0 Å². The molecule has 1 atom stereocenters. The summed E-state index contributed by atoms with van der Waals surface area (Å²) in [5.74, 6) is 0.886. The third-order valence-electron chi connectivity index (χ3n) is 5.21. The van der Waals surface area contributed by atoms with E-state index >= 15 is 0 Å². The molecule has 4 rings (SSSR count). The van der Waals surface area contributed by atoms with Crippen molar-refractivity contribution in [2.24, 2.45) is 0 Å². The predicted molar refractivity (Wildman–Crippen MR) is 103 cm³/mol. The molecule has 2 aromatic heterocycles. The molecular formula is C21H25N5O. The van der Waals surface area contributed by atoms with Crippen LogP contribution in [-0.2, 0) is 13.1 Å². The van der Waals surface area contributed by atoms with Crippen LogP contribution in [0.25, 0.3) is 0 Å². The Labute approximate surface area is 159 Å². The minimum atomic E-state index is 0.438. The van der Waals surface area contributed by atoms with Gasteiger partial charge in [0.2, 0.25) is 0 Å². The largest absolute Gasteiger partial charge is 0.496 e. The average Bonchev–Trinajstić information content (AvgIpc) is 3.22. The Bertz CT molecular complexity index is 850. The average molecular weight is 363 g/mol. The molecule has 140 valence electrons. The second kappa shape index (κ2) is 8.31. The van der Waals surface area contributed by atoms with Crippen LogP contribution in [0.2, 0.25) is 0 Å². The van der Waals surface area contributed by atoms with Crippen molar-refractivity contribution in [3.8, 4) is 5.75 Å². The summed E-state index contributed by atoms with van der Waals surface area (Å²) in [6.45, 7) is 2.70. The smallest absolute Gasteiger partial charge is 0.137 e. The number of pyridine rings is 1. The monoisotopic (exact) mass is 363 g/mol. The van der Waals surface area contributed by atoms with Crippen molar-refractivity contribution in [1.82, 2.24) is 24.6 Å². The van der Waals surface area contributed by atoms with E-state index in [4.69, 9.17) is 4.74 Å². The first-order valence-corrected chi connectivity index (χ1v) is 9.45. The van der Waals surface area contributed by atoms with E-state index in [0.29, 0.717) is 12.6 Å². The molecule has 3 aromatic rings. The summed E-state index contributed by atoms with van der Waals surface area (Å²) >= 11 is 0. The zero-order chi connectivity index (χ0) is 18.5. The molecule has 1 fully saturated rings. The highest BCUT2D eigenvalue weighted by Crippen LogP contribution is 2.32. The summed E-state index contributed by atoms with van der Waals surface area (Å²) in [7, 11) is 1.71. The van der Waals surface area contributed by atoms with Crippen molar-refractivity contribution in [2.45, 2.75) is 38.4 Å². The molecule has 0 saturated carbocycles. The molecule has 0 aliphatic carbocycles. The fourth-order valence-electron chi connectivity index (χ4n) is 3.91. The van der Waals surface area contributed by atoms with Crippen LogP contribution in [0.4, 0.5) is 0 Å². The number of rotatable bonds is 6. The van der Waals surface area contributed by atoms with Crippen molar-refractivity contribution >= 4 is 0 Å². The highest BCUT2D eigenvalue weighted by atomic mass is 16.5. The number of ether oxygens (including phenoxy) is 1. The Hall–Kier alpha value is -2.73. The van der Waals surface area contributed by atoms with Gasteiger partial charge in [0.05, 0.1) is 13.7 Å². The first-order chi connectivity index (χ1) is 13.3. The lowest BCUT2D eigenvalue weighted by atomic mass is 9.95. The topological polar surface area (TPSA) is 56.1 Å². The molecule has 0 N–H and O–H groups in total. The molecule has 3 heterocycles. The number of methoxy groups -OCH3 is 1. The number of benzene rings is 1. The molecule has 1 aliphatic rings. The number of hydrogen-bond acceptors (Lipinski definition) is 5. The van der Waals surface area contributed by atoms with E-state index in [1.54, 1.807) is 19.8 Å². The van der Waals surface area contributed by atoms with E-state index in [1.807, 2.05) is 23.1 Å². The maximum absolute atomic E-state index is 5.55. The van der Waals surface area contributed by atoms with Crippen molar-refractivity contribution < 1.29 is 4.74 Å². The normalized spacial score (nSPS) is 17.7. The van der Waals surface area contributed by atoms with Gasteiger partial charge in [-0.3, -0.25) is 9.88 Å². The van der Waals surface area contributed by atoms with Crippen molar-refractivity contribution in [3.05, 3.63) is 72.1 Å². The van der Waals surface area contributed by atoms with E-state index in [1.165, 1.54) is 30.4 Å². The van der Waals surface area contributed by atoms with Gasteiger partial charge in [0.25, 0.3) is 0 Å². The zero-order valence-corrected chi connectivity index (χ0v) is 15.7. The summed E-state index contributed by atoms with van der Waals surface area (Å²) in [6, 6.07) is 11.1. The minimum absolute atomic E-state index is 0.438. The van der Waals surface area contributed by atoms with Crippen LogP contribution >= 0.6 is 0 Å². The lowest BCUT2D eigenvalue weighted by Gasteiger charge is -2.36. The van der Waals surface area contributed by atoms with Crippen molar-refractivity contribution in [3.63, 3.8) is 0 Å². The lowest BCUT2D eigenvalue weighted by molar-refractivity contribution is 0.140. The van der Waals surface area contributed by atoms with Crippen molar-refractivity contribution in [2.75, 3.05) is 13.7 Å². The SMILES string of the molecule is COc1ccc(CN2CCCCC2c2cccnc2)cc1Cn1cncn1. The number of aromatic nitrogens is 4. The molecule has 0 spiro atoms. The molecular weight excluding hydrogens is 338 g/mol. The van der Waals surface area contributed by atoms with Crippen LogP contribution in [0, 0.1) is 0 Å². The Morgan fingerprint density at radius 1 is 1.15 bits per heavy atom. The van der Waals surface area contributed by atoms with Gasteiger partial charge in [0, 0.05) is 30.5 Å². The first kappa shape index (κ1) is 17.7. The molecule has 1 saturated heterocycles. The van der Waals surface area contributed by atoms with Crippen LogP contribution in [-0.4, -0.2) is 38.3 Å². The number of nitrogens with zero attached hydrogens (tertiary/aromatic N) is 5. The van der Waals surface area contributed by atoms with Gasteiger partial charge in [-0.2, -0.15) is 5.10 Å². The summed E-state index contributed by atoms with van der Waals surface area (Å²) in [4.78, 5) is 10.9. The summed E-state index contributed by atoms with van der Waals surface area (Å²) < 4.78 is 7.37. The van der Waals surface area contributed by atoms with E-state index in [-0.39, 0.29) is 0 Å². The number of likely N-dealkylation sites (tertiary alicyclic amines) is 1. The van der Waals surface area contributed by atoms with Gasteiger partial charge in [-0.15, -0.1) is 0 Å². The quantitative estimate of drug-likeness (QED) is 0.671. The van der Waals surface area contributed by atoms with Gasteiger partial charge in [0.15, 0.2) is 0 Å². The molecule has 1 aromatic carbocycles. The Balaban J connectivity index is 1.55. The van der Waals surface area contributed by atoms with Gasteiger partial charge in [-0.05, 0) is 48.7 Å². The lowest BCUT2D eigenvalue weighted by Crippen LogP contribution is -2.33. The fourth-order valence-corrected chi connectivity index (χ4v) is 3.91. The van der Waals surface area contributed by atoms with Crippen LogP contribution in [0.3, 0.4) is 0 Å². The molecule has 0 amide bonds. The van der Waals surface area contributed by atoms with Gasteiger partial charge in [-0.25, -0.2) is 9.67 Å². The maximum Gasteiger partial charge on any atom is 0.137 e. The number of piperidine rings is 1. The molecule has 1 aliphatic heterocycles. The van der Waals surface area contributed by atoms with Crippen LogP contribution in [0.5, 0.6) is 5.75 Å². The summed E-state index contributed by atoms with van der Waals surface area (Å²) in [5, 5.41) is 4.22. The maximum atomic E-state index is 5.55. The Morgan fingerprint density at radius 3 is 2.89 bits per heavy atom.